The minimum atomic E-state index is 0. The van der Waals surface area contributed by atoms with E-state index in [2.05, 4.69) is 17.4 Å². The molecule has 1 aromatic carbocycles. The van der Waals surface area contributed by atoms with Gasteiger partial charge in [0.2, 0.25) is 5.91 Å². The molecule has 1 unspecified atom stereocenters. The van der Waals surface area contributed by atoms with Gasteiger partial charge in [-0.3, -0.25) is 4.79 Å². The van der Waals surface area contributed by atoms with Crippen molar-refractivity contribution < 1.29 is 9.53 Å². The first-order chi connectivity index (χ1) is 10.6. The van der Waals surface area contributed by atoms with Crippen molar-refractivity contribution in [3.8, 4) is 5.75 Å². The van der Waals surface area contributed by atoms with E-state index in [-0.39, 0.29) is 24.2 Å². The van der Waals surface area contributed by atoms with Gasteiger partial charge in [0, 0.05) is 25.6 Å². The zero-order chi connectivity index (χ0) is 15.9. The number of halogens is 1. The van der Waals surface area contributed by atoms with E-state index < -0.39 is 0 Å². The van der Waals surface area contributed by atoms with Gasteiger partial charge in [-0.2, -0.15) is 0 Å². The Bertz CT molecular complexity index is 470. The molecule has 1 aliphatic rings. The lowest BCUT2D eigenvalue weighted by atomic mass is 9.89. The Hall–Kier alpha value is -1.26. The van der Waals surface area contributed by atoms with Crippen molar-refractivity contribution in [3.63, 3.8) is 0 Å². The fourth-order valence-corrected chi connectivity index (χ4v) is 3.16. The third kappa shape index (κ3) is 5.70. The highest BCUT2D eigenvalue weighted by Gasteiger charge is 2.25. The second kappa shape index (κ2) is 9.78. The molecule has 2 rings (SSSR count). The summed E-state index contributed by atoms with van der Waals surface area (Å²) in [6, 6.07) is 8.33. The number of carbonyl (C=O) groups is 1. The number of hydrogen-bond donors (Lipinski definition) is 1. The minimum absolute atomic E-state index is 0. The molecule has 1 amide bonds. The summed E-state index contributed by atoms with van der Waals surface area (Å²) < 4.78 is 5.19. The van der Waals surface area contributed by atoms with Gasteiger partial charge < -0.3 is 15.0 Å². The van der Waals surface area contributed by atoms with Crippen LogP contribution in [-0.2, 0) is 11.2 Å². The molecule has 1 N–H and O–H groups in total. The van der Waals surface area contributed by atoms with E-state index in [4.69, 9.17) is 4.74 Å². The molecule has 5 heteroatoms. The maximum Gasteiger partial charge on any atom is 0.226 e. The SMILES string of the molecule is CNCC(C)C(=O)N1CCC(Cc2ccc(OC)cc2)CC1.Cl. The molecule has 4 nitrogen and oxygen atoms in total. The Labute approximate surface area is 146 Å². The summed E-state index contributed by atoms with van der Waals surface area (Å²) in [5.74, 6) is 1.94. The fourth-order valence-electron chi connectivity index (χ4n) is 3.16. The number of methoxy groups -OCH3 is 1. The van der Waals surface area contributed by atoms with E-state index in [0.717, 1.165) is 44.6 Å². The molecule has 1 aromatic rings. The molecule has 1 saturated heterocycles. The highest BCUT2D eigenvalue weighted by atomic mass is 35.5. The second-order valence-electron chi connectivity index (χ2n) is 6.28. The van der Waals surface area contributed by atoms with Gasteiger partial charge in [0.25, 0.3) is 0 Å². The van der Waals surface area contributed by atoms with Crippen LogP contribution in [0.2, 0.25) is 0 Å². The summed E-state index contributed by atoms with van der Waals surface area (Å²) in [6.45, 7) is 4.55. The summed E-state index contributed by atoms with van der Waals surface area (Å²) in [5, 5.41) is 3.08. The molecular weight excluding hydrogens is 312 g/mol. The van der Waals surface area contributed by atoms with E-state index in [1.54, 1.807) is 7.11 Å². The number of benzene rings is 1. The Kier molecular flexibility index (Phi) is 8.42. The van der Waals surface area contributed by atoms with Gasteiger partial charge in [-0.15, -0.1) is 12.4 Å². The summed E-state index contributed by atoms with van der Waals surface area (Å²) in [7, 11) is 3.58. The van der Waals surface area contributed by atoms with Crippen LogP contribution in [0.3, 0.4) is 0 Å². The fraction of sp³-hybridized carbons (Fsp3) is 0.611. The third-order valence-electron chi connectivity index (χ3n) is 4.54. The van der Waals surface area contributed by atoms with Crippen LogP contribution in [-0.4, -0.2) is 44.6 Å². The van der Waals surface area contributed by atoms with Gasteiger partial charge in [-0.05, 0) is 49.9 Å². The first kappa shape index (κ1) is 19.8. The van der Waals surface area contributed by atoms with Gasteiger partial charge in [-0.1, -0.05) is 19.1 Å². The Morgan fingerprint density at radius 2 is 1.91 bits per heavy atom. The Balaban J connectivity index is 0.00000264. The van der Waals surface area contributed by atoms with Gasteiger partial charge in [0.1, 0.15) is 5.75 Å². The average Bonchev–Trinajstić information content (AvgIpc) is 2.56. The predicted octanol–water partition coefficient (Wildman–Crippen LogP) is 2.75. The standard InChI is InChI=1S/C18H28N2O2.ClH/c1-14(13-19-2)18(21)20-10-8-16(9-11-20)12-15-4-6-17(22-3)7-5-15;/h4-7,14,16,19H,8-13H2,1-3H3;1H. The minimum Gasteiger partial charge on any atom is -0.497 e. The summed E-state index contributed by atoms with van der Waals surface area (Å²) in [4.78, 5) is 14.3. The zero-order valence-electron chi connectivity index (χ0n) is 14.4. The normalized spacial score (nSPS) is 16.6. The van der Waals surface area contributed by atoms with E-state index in [1.165, 1.54) is 5.56 Å². The molecule has 23 heavy (non-hydrogen) atoms. The number of amides is 1. The number of rotatable bonds is 6. The number of hydrogen-bond acceptors (Lipinski definition) is 3. The van der Waals surface area contributed by atoms with Crippen molar-refractivity contribution in [2.24, 2.45) is 11.8 Å². The summed E-state index contributed by atoms with van der Waals surface area (Å²) >= 11 is 0. The van der Waals surface area contributed by atoms with Crippen LogP contribution >= 0.6 is 12.4 Å². The molecule has 0 aromatic heterocycles. The quantitative estimate of drug-likeness (QED) is 0.865. The molecule has 0 aliphatic carbocycles. The number of likely N-dealkylation sites (tertiary alicyclic amines) is 1. The number of carbonyl (C=O) groups excluding carboxylic acids is 1. The van der Waals surface area contributed by atoms with Gasteiger partial charge in [0.05, 0.1) is 7.11 Å². The van der Waals surface area contributed by atoms with Gasteiger partial charge >= 0.3 is 0 Å². The molecule has 1 fully saturated rings. The molecule has 0 spiro atoms. The smallest absolute Gasteiger partial charge is 0.226 e. The van der Waals surface area contributed by atoms with Crippen molar-refractivity contribution in [2.45, 2.75) is 26.2 Å². The zero-order valence-corrected chi connectivity index (χ0v) is 15.2. The number of ether oxygens (including phenoxy) is 1. The van der Waals surface area contributed by atoms with Crippen LogP contribution in [0.25, 0.3) is 0 Å². The van der Waals surface area contributed by atoms with Crippen molar-refractivity contribution >= 4 is 18.3 Å². The van der Waals surface area contributed by atoms with E-state index in [1.807, 2.05) is 31.0 Å². The lowest BCUT2D eigenvalue weighted by Crippen LogP contribution is -2.43. The van der Waals surface area contributed by atoms with Crippen LogP contribution in [0.1, 0.15) is 25.3 Å². The molecule has 0 bridgehead atoms. The Morgan fingerprint density at radius 1 is 1.30 bits per heavy atom. The molecule has 130 valence electrons. The van der Waals surface area contributed by atoms with Crippen LogP contribution < -0.4 is 10.1 Å². The maximum absolute atomic E-state index is 12.3. The largest absolute Gasteiger partial charge is 0.497 e. The predicted molar refractivity (Wildman–Crippen MR) is 96.3 cm³/mol. The van der Waals surface area contributed by atoms with Gasteiger partial charge in [0.15, 0.2) is 0 Å². The van der Waals surface area contributed by atoms with E-state index in [0.29, 0.717) is 5.92 Å². The van der Waals surface area contributed by atoms with Crippen LogP contribution in [0, 0.1) is 11.8 Å². The number of piperidine rings is 1. The number of nitrogens with one attached hydrogen (secondary N) is 1. The summed E-state index contributed by atoms with van der Waals surface area (Å²) in [6.07, 6.45) is 3.30. The van der Waals surface area contributed by atoms with E-state index >= 15 is 0 Å². The molecule has 1 heterocycles. The molecule has 0 radical (unpaired) electrons. The van der Waals surface area contributed by atoms with Crippen LogP contribution in [0.4, 0.5) is 0 Å². The highest BCUT2D eigenvalue weighted by molar-refractivity contribution is 5.85. The van der Waals surface area contributed by atoms with Crippen molar-refractivity contribution in [2.75, 3.05) is 33.8 Å². The van der Waals surface area contributed by atoms with E-state index in [9.17, 15) is 4.79 Å². The van der Waals surface area contributed by atoms with Crippen LogP contribution in [0.5, 0.6) is 5.75 Å². The molecule has 1 atom stereocenters. The van der Waals surface area contributed by atoms with Crippen molar-refractivity contribution in [1.82, 2.24) is 10.2 Å². The molecule has 0 saturated carbocycles. The first-order valence-corrected chi connectivity index (χ1v) is 8.20. The van der Waals surface area contributed by atoms with Crippen LogP contribution in [0.15, 0.2) is 24.3 Å². The van der Waals surface area contributed by atoms with Crippen molar-refractivity contribution in [3.05, 3.63) is 29.8 Å². The lowest BCUT2D eigenvalue weighted by molar-refractivity contribution is -0.136. The lowest BCUT2D eigenvalue weighted by Gasteiger charge is -2.33. The highest BCUT2D eigenvalue weighted by Crippen LogP contribution is 2.23. The van der Waals surface area contributed by atoms with Crippen molar-refractivity contribution in [1.29, 1.82) is 0 Å². The van der Waals surface area contributed by atoms with Gasteiger partial charge in [-0.25, -0.2) is 0 Å². The topological polar surface area (TPSA) is 41.6 Å². The molecule has 1 aliphatic heterocycles. The third-order valence-corrected chi connectivity index (χ3v) is 4.54. The summed E-state index contributed by atoms with van der Waals surface area (Å²) in [5.41, 5.74) is 1.36. The molecular formula is C18H29ClN2O2. The average molecular weight is 341 g/mol. The number of nitrogens with zero attached hydrogens (tertiary/aromatic N) is 1. The monoisotopic (exact) mass is 340 g/mol. The Morgan fingerprint density at radius 3 is 2.43 bits per heavy atom. The maximum atomic E-state index is 12.3. The second-order valence-corrected chi connectivity index (χ2v) is 6.28. The first-order valence-electron chi connectivity index (χ1n) is 8.20.